The van der Waals surface area contributed by atoms with Crippen molar-refractivity contribution in [3.05, 3.63) is 21.7 Å². The lowest BCUT2D eigenvalue weighted by atomic mass is 10.1. The molecular weight excluding hydrogens is 288 g/mol. The van der Waals surface area contributed by atoms with Crippen molar-refractivity contribution >= 4 is 38.7 Å². The van der Waals surface area contributed by atoms with Crippen LogP contribution in [-0.4, -0.2) is 36.1 Å². The average molecular weight is 300 g/mol. The van der Waals surface area contributed by atoms with Crippen LogP contribution >= 0.6 is 11.3 Å². The zero-order valence-corrected chi connectivity index (χ0v) is 11.6. The summed E-state index contributed by atoms with van der Waals surface area (Å²) >= 11 is 1.36. The monoisotopic (exact) mass is 300 g/mol. The van der Waals surface area contributed by atoms with Gasteiger partial charge in [-0.05, 0) is 17.8 Å². The van der Waals surface area contributed by atoms with E-state index in [1.807, 2.05) is 0 Å². The molecule has 1 saturated heterocycles. The molecule has 19 heavy (non-hydrogen) atoms. The van der Waals surface area contributed by atoms with Gasteiger partial charge < -0.3 is 15.4 Å². The van der Waals surface area contributed by atoms with Gasteiger partial charge in [0.05, 0.1) is 0 Å². The number of fused-ring (bicyclic) bond motifs is 1. The first-order chi connectivity index (χ1) is 9.15. The summed E-state index contributed by atoms with van der Waals surface area (Å²) in [5, 5.41) is 16.0. The van der Waals surface area contributed by atoms with Crippen molar-refractivity contribution in [3.8, 4) is 0 Å². The summed E-state index contributed by atoms with van der Waals surface area (Å²) in [6.07, 6.45) is 3.16. The summed E-state index contributed by atoms with van der Waals surface area (Å²) < 4.78 is 12.8. The standard InChI is InChI=1S/C10H12N4O3S2/c15-14(16)9-8(12-10-13(9)3-4-18-10)11-7-1-5-19(17)6-2-7/h3-4,7,11H,1-2,5-6H2. The van der Waals surface area contributed by atoms with Gasteiger partial charge in [-0.2, -0.15) is 9.38 Å². The van der Waals surface area contributed by atoms with Crippen molar-refractivity contribution in [2.24, 2.45) is 0 Å². The van der Waals surface area contributed by atoms with Crippen LogP contribution in [0, 0.1) is 10.1 Å². The Labute approximate surface area is 115 Å². The Hall–Kier alpha value is -1.48. The lowest BCUT2D eigenvalue weighted by molar-refractivity contribution is -0.389. The van der Waals surface area contributed by atoms with Gasteiger partial charge in [-0.1, -0.05) is 11.3 Å². The summed E-state index contributed by atoms with van der Waals surface area (Å²) in [5.41, 5.74) is 0. The number of rotatable bonds is 3. The van der Waals surface area contributed by atoms with Gasteiger partial charge >= 0.3 is 5.82 Å². The van der Waals surface area contributed by atoms with Crippen LogP contribution in [0.4, 0.5) is 11.6 Å². The number of hydrogen-bond donors (Lipinski definition) is 1. The highest BCUT2D eigenvalue weighted by Gasteiger charge is 2.27. The third-order valence-corrected chi connectivity index (χ3v) is 5.28. The van der Waals surface area contributed by atoms with E-state index in [0.717, 1.165) is 12.8 Å². The summed E-state index contributed by atoms with van der Waals surface area (Å²) in [6, 6.07) is 0.112. The van der Waals surface area contributed by atoms with Gasteiger partial charge in [-0.3, -0.25) is 4.21 Å². The maximum absolute atomic E-state index is 11.3. The Balaban J connectivity index is 1.87. The smallest absolute Gasteiger partial charge is 0.360 e. The van der Waals surface area contributed by atoms with E-state index in [1.165, 1.54) is 15.7 Å². The number of aromatic nitrogens is 2. The molecule has 0 atom stereocenters. The van der Waals surface area contributed by atoms with E-state index in [0.29, 0.717) is 22.3 Å². The van der Waals surface area contributed by atoms with Gasteiger partial charge in [-0.25, -0.2) is 0 Å². The molecule has 0 aromatic carbocycles. The van der Waals surface area contributed by atoms with Crippen molar-refractivity contribution < 1.29 is 9.13 Å². The summed E-state index contributed by atoms with van der Waals surface area (Å²) in [4.78, 5) is 15.6. The number of thiazole rings is 1. The van der Waals surface area contributed by atoms with E-state index in [-0.39, 0.29) is 11.9 Å². The van der Waals surface area contributed by atoms with E-state index in [2.05, 4.69) is 10.3 Å². The molecular formula is C10H12N4O3S2. The molecule has 1 fully saturated rings. The molecule has 102 valence electrons. The Morgan fingerprint density at radius 1 is 1.53 bits per heavy atom. The number of nitrogens with zero attached hydrogens (tertiary/aromatic N) is 3. The fourth-order valence-electron chi connectivity index (χ4n) is 2.18. The quantitative estimate of drug-likeness (QED) is 0.687. The molecule has 0 spiro atoms. The van der Waals surface area contributed by atoms with Crippen molar-refractivity contribution in [3.63, 3.8) is 0 Å². The lowest BCUT2D eigenvalue weighted by Crippen LogP contribution is -2.29. The molecule has 9 heteroatoms. The van der Waals surface area contributed by atoms with Crippen LogP contribution < -0.4 is 5.32 Å². The molecule has 7 nitrogen and oxygen atoms in total. The number of nitrogens with one attached hydrogen (secondary N) is 1. The fraction of sp³-hybridized carbons (Fsp3) is 0.500. The van der Waals surface area contributed by atoms with Gasteiger partial charge in [0.25, 0.3) is 4.96 Å². The molecule has 0 saturated carbocycles. The molecule has 0 unspecified atom stereocenters. The highest BCUT2D eigenvalue weighted by molar-refractivity contribution is 7.85. The number of anilines is 1. The maximum Gasteiger partial charge on any atom is 0.372 e. The topological polar surface area (TPSA) is 89.5 Å². The van der Waals surface area contributed by atoms with E-state index >= 15 is 0 Å². The van der Waals surface area contributed by atoms with Crippen LogP contribution in [0.1, 0.15) is 12.8 Å². The highest BCUT2D eigenvalue weighted by Crippen LogP contribution is 2.29. The zero-order valence-electron chi connectivity index (χ0n) is 9.94. The molecule has 2 aromatic rings. The number of nitro groups is 1. The Morgan fingerprint density at radius 3 is 2.95 bits per heavy atom. The van der Waals surface area contributed by atoms with Crippen LogP contribution in [0.25, 0.3) is 4.96 Å². The Morgan fingerprint density at radius 2 is 2.26 bits per heavy atom. The third-order valence-electron chi connectivity index (χ3n) is 3.14. The van der Waals surface area contributed by atoms with Gasteiger partial charge in [0.2, 0.25) is 5.82 Å². The Bertz CT molecular complexity index is 640. The summed E-state index contributed by atoms with van der Waals surface area (Å²) in [6.45, 7) is 0. The minimum absolute atomic E-state index is 0.0251. The molecule has 3 heterocycles. The zero-order chi connectivity index (χ0) is 13.4. The first-order valence-corrected chi connectivity index (χ1v) is 8.23. The highest BCUT2D eigenvalue weighted by atomic mass is 32.2. The fourth-order valence-corrected chi connectivity index (χ4v) is 4.18. The molecule has 1 N–H and O–H groups in total. The van der Waals surface area contributed by atoms with E-state index < -0.39 is 15.7 Å². The van der Waals surface area contributed by atoms with Gasteiger partial charge in [0, 0.05) is 33.7 Å². The van der Waals surface area contributed by atoms with Gasteiger partial charge in [0.1, 0.15) is 6.20 Å². The predicted octanol–water partition coefficient (Wildman–Crippen LogP) is 1.63. The molecule has 0 amide bonds. The van der Waals surface area contributed by atoms with Crippen LogP contribution in [0.2, 0.25) is 0 Å². The molecule has 0 bridgehead atoms. The third kappa shape index (κ3) is 2.35. The van der Waals surface area contributed by atoms with Gasteiger partial charge in [-0.15, -0.1) is 0 Å². The predicted molar refractivity (Wildman–Crippen MR) is 74.2 cm³/mol. The van der Waals surface area contributed by atoms with Gasteiger partial charge in [0.15, 0.2) is 0 Å². The second kappa shape index (κ2) is 4.89. The van der Waals surface area contributed by atoms with E-state index in [9.17, 15) is 14.3 Å². The molecule has 3 rings (SSSR count). The SMILES string of the molecule is O=[N+]([O-])c1c(NC2CCS(=O)CC2)nc2sccn12. The van der Waals surface area contributed by atoms with Crippen molar-refractivity contribution in [2.75, 3.05) is 16.8 Å². The average Bonchev–Trinajstić information content (AvgIpc) is 2.91. The minimum Gasteiger partial charge on any atom is -0.360 e. The maximum atomic E-state index is 11.3. The van der Waals surface area contributed by atoms with Crippen LogP contribution in [0.15, 0.2) is 11.6 Å². The normalized spacial score (nSPS) is 23.6. The molecule has 0 aliphatic carbocycles. The molecule has 0 radical (unpaired) electrons. The second-order valence-corrected chi connectivity index (χ2v) is 6.93. The lowest BCUT2D eigenvalue weighted by Gasteiger charge is -2.21. The van der Waals surface area contributed by atoms with E-state index in [4.69, 9.17) is 0 Å². The van der Waals surface area contributed by atoms with Crippen LogP contribution in [0.3, 0.4) is 0 Å². The molecule has 2 aromatic heterocycles. The first kappa shape index (κ1) is 12.5. The summed E-state index contributed by atoms with van der Waals surface area (Å²) in [7, 11) is -0.737. The van der Waals surface area contributed by atoms with Crippen molar-refractivity contribution in [1.29, 1.82) is 0 Å². The summed E-state index contributed by atoms with van der Waals surface area (Å²) in [5.74, 6) is 1.58. The molecule has 1 aliphatic heterocycles. The number of imidazole rings is 1. The minimum atomic E-state index is -0.737. The Kier molecular flexibility index (Phi) is 3.23. The largest absolute Gasteiger partial charge is 0.372 e. The van der Waals surface area contributed by atoms with E-state index in [1.54, 1.807) is 11.6 Å². The first-order valence-electron chi connectivity index (χ1n) is 5.86. The van der Waals surface area contributed by atoms with Crippen molar-refractivity contribution in [2.45, 2.75) is 18.9 Å². The number of hydrogen-bond acceptors (Lipinski definition) is 6. The van der Waals surface area contributed by atoms with Crippen molar-refractivity contribution in [1.82, 2.24) is 9.38 Å². The van der Waals surface area contributed by atoms with Crippen LogP contribution in [-0.2, 0) is 10.8 Å². The van der Waals surface area contributed by atoms with Crippen LogP contribution in [0.5, 0.6) is 0 Å². The second-order valence-electron chi connectivity index (χ2n) is 4.36. The molecule has 1 aliphatic rings.